The first-order chi connectivity index (χ1) is 10.7. The highest BCUT2D eigenvalue weighted by Gasteiger charge is 2.15. The maximum absolute atomic E-state index is 4.54. The van der Waals surface area contributed by atoms with Crippen LogP contribution in [0.2, 0.25) is 0 Å². The van der Waals surface area contributed by atoms with Gasteiger partial charge in [-0.2, -0.15) is 0 Å². The van der Waals surface area contributed by atoms with Gasteiger partial charge in [0.15, 0.2) is 0 Å². The van der Waals surface area contributed by atoms with Crippen LogP contribution in [0.1, 0.15) is 17.4 Å². The van der Waals surface area contributed by atoms with E-state index in [9.17, 15) is 0 Å². The van der Waals surface area contributed by atoms with E-state index in [0.717, 1.165) is 26.0 Å². The van der Waals surface area contributed by atoms with Gasteiger partial charge in [0.25, 0.3) is 0 Å². The van der Waals surface area contributed by atoms with Crippen LogP contribution in [0.25, 0.3) is 11.3 Å². The van der Waals surface area contributed by atoms with E-state index in [1.54, 1.807) is 0 Å². The summed E-state index contributed by atoms with van der Waals surface area (Å²) in [7, 11) is 1.94. The number of hydrogen-bond donors (Lipinski definition) is 2. The number of halogens is 2. The minimum Gasteiger partial charge on any atom is -0.340 e. The highest BCUT2D eigenvalue weighted by molar-refractivity contribution is 9.10. The number of hydrogen-bond acceptors (Lipinski definition) is 2. The molecule has 0 spiro atoms. The summed E-state index contributed by atoms with van der Waals surface area (Å²) < 4.78 is 2.14. The van der Waals surface area contributed by atoms with Crippen LogP contribution in [-0.4, -0.2) is 17.0 Å². The number of nitrogens with zero attached hydrogens (tertiary/aromatic N) is 1. The lowest BCUT2D eigenvalue weighted by Crippen LogP contribution is -2.18. The lowest BCUT2D eigenvalue weighted by Gasteiger charge is -2.14. The van der Waals surface area contributed by atoms with Gasteiger partial charge in [-0.3, -0.25) is 0 Å². The molecule has 0 fully saturated rings. The van der Waals surface area contributed by atoms with Crippen LogP contribution in [0.15, 0.2) is 63.7 Å². The molecule has 0 saturated heterocycles. The van der Waals surface area contributed by atoms with E-state index in [4.69, 9.17) is 0 Å². The SMILES string of the molecule is CNC(c1ccc(Br)cc1)c1ncc(-c2ccc(Br)cc2)[nH]1. The Hall–Kier alpha value is -1.43. The molecule has 0 radical (unpaired) electrons. The molecule has 1 aromatic heterocycles. The number of H-pyrrole nitrogens is 1. The van der Waals surface area contributed by atoms with Gasteiger partial charge in [-0.05, 0) is 42.4 Å². The van der Waals surface area contributed by atoms with Gasteiger partial charge in [-0.25, -0.2) is 4.98 Å². The highest BCUT2D eigenvalue weighted by Crippen LogP contribution is 2.25. The summed E-state index contributed by atoms with van der Waals surface area (Å²) in [4.78, 5) is 7.96. The van der Waals surface area contributed by atoms with Crippen LogP contribution in [0.5, 0.6) is 0 Å². The average molecular weight is 421 g/mol. The van der Waals surface area contributed by atoms with Gasteiger partial charge in [0.2, 0.25) is 0 Å². The number of benzene rings is 2. The van der Waals surface area contributed by atoms with E-state index in [2.05, 4.69) is 71.4 Å². The molecule has 0 aliphatic carbocycles. The minimum atomic E-state index is 0.0392. The molecule has 3 nitrogen and oxygen atoms in total. The van der Waals surface area contributed by atoms with Crippen molar-refractivity contribution in [3.05, 3.63) is 75.1 Å². The number of rotatable bonds is 4. The maximum atomic E-state index is 4.54. The number of aromatic amines is 1. The molecular weight excluding hydrogens is 406 g/mol. The van der Waals surface area contributed by atoms with Gasteiger partial charge in [0.1, 0.15) is 5.82 Å². The second-order valence-electron chi connectivity index (χ2n) is 4.96. The van der Waals surface area contributed by atoms with Crippen LogP contribution < -0.4 is 5.32 Å². The van der Waals surface area contributed by atoms with Gasteiger partial charge in [-0.1, -0.05) is 56.1 Å². The summed E-state index contributed by atoms with van der Waals surface area (Å²) in [6, 6.07) is 16.5. The normalized spacial score (nSPS) is 12.3. The van der Waals surface area contributed by atoms with Crippen LogP contribution in [0.4, 0.5) is 0 Å². The quantitative estimate of drug-likeness (QED) is 0.629. The zero-order chi connectivity index (χ0) is 15.5. The number of nitrogens with one attached hydrogen (secondary N) is 2. The first-order valence-electron chi connectivity index (χ1n) is 6.91. The Labute approximate surface area is 146 Å². The van der Waals surface area contributed by atoms with Crippen LogP contribution in [0.3, 0.4) is 0 Å². The van der Waals surface area contributed by atoms with Crippen molar-refractivity contribution >= 4 is 31.9 Å². The van der Waals surface area contributed by atoms with Crippen molar-refractivity contribution in [2.24, 2.45) is 0 Å². The van der Waals surface area contributed by atoms with Gasteiger partial charge >= 0.3 is 0 Å². The van der Waals surface area contributed by atoms with E-state index < -0.39 is 0 Å². The van der Waals surface area contributed by atoms with Gasteiger partial charge in [0.05, 0.1) is 17.9 Å². The number of aromatic nitrogens is 2. The Bertz CT molecular complexity index is 748. The molecule has 2 aromatic carbocycles. The average Bonchev–Trinajstić information content (AvgIpc) is 3.00. The summed E-state index contributed by atoms with van der Waals surface area (Å²) in [5.74, 6) is 0.905. The molecule has 5 heteroatoms. The van der Waals surface area contributed by atoms with Gasteiger partial charge in [0, 0.05) is 8.95 Å². The van der Waals surface area contributed by atoms with Gasteiger partial charge < -0.3 is 10.3 Å². The van der Waals surface area contributed by atoms with E-state index in [1.165, 1.54) is 5.56 Å². The molecular formula is C17H15Br2N3. The van der Waals surface area contributed by atoms with Crippen molar-refractivity contribution in [3.8, 4) is 11.3 Å². The predicted molar refractivity (Wildman–Crippen MR) is 96.8 cm³/mol. The van der Waals surface area contributed by atoms with E-state index in [0.29, 0.717) is 0 Å². The summed E-state index contributed by atoms with van der Waals surface area (Å²) in [5, 5.41) is 3.31. The summed E-state index contributed by atoms with van der Waals surface area (Å²) in [6.07, 6.45) is 1.88. The molecule has 0 bridgehead atoms. The minimum absolute atomic E-state index is 0.0392. The van der Waals surface area contributed by atoms with Crippen molar-refractivity contribution in [3.63, 3.8) is 0 Å². The second kappa shape index (κ2) is 6.77. The second-order valence-corrected chi connectivity index (χ2v) is 6.79. The van der Waals surface area contributed by atoms with Crippen molar-refractivity contribution < 1.29 is 0 Å². The van der Waals surface area contributed by atoms with Crippen LogP contribution >= 0.6 is 31.9 Å². The lowest BCUT2D eigenvalue weighted by molar-refractivity contribution is 0.655. The fraction of sp³-hybridized carbons (Fsp3) is 0.118. The molecule has 3 aromatic rings. The zero-order valence-electron chi connectivity index (χ0n) is 12.0. The predicted octanol–water partition coefficient (Wildman–Crippen LogP) is 4.91. The Balaban J connectivity index is 1.91. The standard InChI is InChI=1S/C17H15Br2N3/c1-20-16(12-4-8-14(19)9-5-12)17-21-10-15(22-17)11-2-6-13(18)7-3-11/h2-10,16,20H,1H3,(H,21,22). The molecule has 3 rings (SSSR count). The third-order valence-corrected chi connectivity index (χ3v) is 4.57. The topological polar surface area (TPSA) is 40.7 Å². The lowest BCUT2D eigenvalue weighted by atomic mass is 10.1. The van der Waals surface area contributed by atoms with Gasteiger partial charge in [-0.15, -0.1) is 0 Å². The zero-order valence-corrected chi connectivity index (χ0v) is 15.1. The molecule has 0 aliphatic heterocycles. The first kappa shape index (κ1) is 15.5. The molecule has 1 atom stereocenters. The Morgan fingerprint density at radius 3 is 2.14 bits per heavy atom. The monoisotopic (exact) mass is 419 g/mol. The van der Waals surface area contributed by atoms with Crippen molar-refractivity contribution in [1.82, 2.24) is 15.3 Å². The van der Waals surface area contributed by atoms with E-state index in [1.807, 2.05) is 37.5 Å². The molecule has 112 valence electrons. The first-order valence-corrected chi connectivity index (χ1v) is 8.49. The third-order valence-electron chi connectivity index (χ3n) is 3.52. The van der Waals surface area contributed by atoms with Crippen LogP contribution in [-0.2, 0) is 0 Å². The molecule has 2 N–H and O–H groups in total. The Morgan fingerprint density at radius 2 is 1.55 bits per heavy atom. The molecule has 0 amide bonds. The molecule has 0 aliphatic rings. The Morgan fingerprint density at radius 1 is 0.955 bits per heavy atom. The highest BCUT2D eigenvalue weighted by atomic mass is 79.9. The van der Waals surface area contributed by atoms with Crippen molar-refractivity contribution in [2.75, 3.05) is 7.05 Å². The van der Waals surface area contributed by atoms with E-state index in [-0.39, 0.29) is 6.04 Å². The fourth-order valence-electron chi connectivity index (χ4n) is 2.38. The smallest absolute Gasteiger partial charge is 0.128 e. The largest absolute Gasteiger partial charge is 0.340 e. The third kappa shape index (κ3) is 3.32. The molecule has 0 saturated carbocycles. The summed E-state index contributed by atoms with van der Waals surface area (Å²) in [5.41, 5.74) is 3.30. The van der Waals surface area contributed by atoms with Crippen molar-refractivity contribution in [1.29, 1.82) is 0 Å². The molecule has 1 unspecified atom stereocenters. The van der Waals surface area contributed by atoms with Crippen LogP contribution in [0, 0.1) is 0 Å². The summed E-state index contributed by atoms with van der Waals surface area (Å²) >= 11 is 6.92. The van der Waals surface area contributed by atoms with E-state index >= 15 is 0 Å². The fourth-order valence-corrected chi connectivity index (χ4v) is 2.90. The molecule has 22 heavy (non-hydrogen) atoms. The Kier molecular flexibility index (Phi) is 4.76. The maximum Gasteiger partial charge on any atom is 0.128 e. The number of imidazole rings is 1. The molecule has 1 heterocycles. The van der Waals surface area contributed by atoms with Crippen molar-refractivity contribution in [2.45, 2.75) is 6.04 Å². The summed E-state index contributed by atoms with van der Waals surface area (Å²) in [6.45, 7) is 0.